The Balaban J connectivity index is 2.20. The van der Waals surface area contributed by atoms with Crippen LogP contribution in [0.2, 0.25) is 0 Å². The summed E-state index contributed by atoms with van der Waals surface area (Å²) < 4.78 is 34.4. The lowest BCUT2D eigenvalue weighted by atomic mass is 10.0. The zero-order chi connectivity index (χ0) is 15.0. The molecule has 1 aliphatic heterocycles. The first-order chi connectivity index (χ1) is 9.23. The molecular formula is C13H17Br2NO3S. The molecule has 1 fully saturated rings. The van der Waals surface area contributed by atoms with Crippen molar-refractivity contribution in [3.05, 3.63) is 26.6 Å². The van der Waals surface area contributed by atoms with Crippen molar-refractivity contribution in [2.75, 3.05) is 13.2 Å². The maximum Gasteiger partial charge on any atom is 0.241 e. The number of rotatable bonds is 4. The Kier molecular flexibility index (Phi) is 4.96. The van der Waals surface area contributed by atoms with Gasteiger partial charge >= 0.3 is 0 Å². The van der Waals surface area contributed by atoms with Crippen molar-refractivity contribution in [3.63, 3.8) is 0 Å². The highest BCUT2D eigenvalue weighted by Gasteiger charge is 2.32. The third-order valence-electron chi connectivity index (χ3n) is 3.44. The fraction of sp³-hybridized carbons (Fsp3) is 0.538. The molecule has 0 radical (unpaired) electrons. The van der Waals surface area contributed by atoms with Crippen molar-refractivity contribution >= 4 is 41.9 Å². The molecule has 0 bridgehead atoms. The van der Waals surface area contributed by atoms with Gasteiger partial charge < -0.3 is 4.74 Å². The summed E-state index contributed by atoms with van der Waals surface area (Å²) in [7, 11) is -3.56. The highest BCUT2D eigenvalue weighted by molar-refractivity contribution is 9.11. The number of hydrogen-bond acceptors (Lipinski definition) is 3. The van der Waals surface area contributed by atoms with Crippen molar-refractivity contribution in [1.82, 2.24) is 4.72 Å². The molecule has 112 valence electrons. The SMILES string of the molecule is Cc1cc(Br)c(S(=O)(=O)NCC2(C)CCCO2)cc1Br. The lowest BCUT2D eigenvalue weighted by molar-refractivity contribution is 0.0250. The molecule has 1 atom stereocenters. The first-order valence-electron chi connectivity index (χ1n) is 6.33. The maximum absolute atomic E-state index is 12.4. The van der Waals surface area contributed by atoms with E-state index in [9.17, 15) is 8.42 Å². The van der Waals surface area contributed by atoms with Crippen LogP contribution in [0.25, 0.3) is 0 Å². The fourth-order valence-electron chi connectivity index (χ4n) is 2.14. The molecule has 1 aliphatic rings. The topological polar surface area (TPSA) is 55.4 Å². The van der Waals surface area contributed by atoms with E-state index in [2.05, 4.69) is 36.6 Å². The van der Waals surface area contributed by atoms with Crippen LogP contribution in [0, 0.1) is 6.92 Å². The van der Waals surface area contributed by atoms with Crippen LogP contribution in [0.5, 0.6) is 0 Å². The summed E-state index contributed by atoms with van der Waals surface area (Å²) in [5.74, 6) is 0. The van der Waals surface area contributed by atoms with Crippen LogP contribution in [-0.2, 0) is 14.8 Å². The van der Waals surface area contributed by atoms with Gasteiger partial charge in [-0.15, -0.1) is 0 Å². The quantitative estimate of drug-likeness (QED) is 0.802. The molecule has 1 saturated heterocycles. The molecule has 20 heavy (non-hydrogen) atoms. The van der Waals surface area contributed by atoms with E-state index in [4.69, 9.17) is 4.74 Å². The molecule has 4 nitrogen and oxygen atoms in total. The number of halogens is 2. The number of ether oxygens (including phenoxy) is 1. The summed E-state index contributed by atoms with van der Waals surface area (Å²) >= 11 is 6.68. The molecule has 7 heteroatoms. The van der Waals surface area contributed by atoms with Crippen LogP contribution in [-0.4, -0.2) is 27.2 Å². The molecule has 0 aliphatic carbocycles. The normalized spacial score (nSPS) is 23.2. The lowest BCUT2D eigenvalue weighted by Gasteiger charge is -2.23. The lowest BCUT2D eigenvalue weighted by Crippen LogP contribution is -2.40. The third-order valence-corrected chi connectivity index (χ3v) is 6.65. The fourth-order valence-corrected chi connectivity index (χ4v) is 4.97. The number of hydrogen-bond donors (Lipinski definition) is 1. The van der Waals surface area contributed by atoms with Crippen LogP contribution >= 0.6 is 31.9 Å². The monoisotopic (exact) mass is 425 g/mol. The van der Waals surface area contributed by atoms with Gasteiger partial charge in [-0.05, 0) is 60.3 Å². The Morgan fingerprint density at radius 3 is 2.65 bits per heavy atom. The molecule has 1 unspecified atom stereocenters. The number of aryl methyl sites for hydroxylation is 1. The van der Waals surface area contributed by atoms with E-state index < -0.39 is 15.6 Å². The van der Waals surface area contributed by atoms with E-state index in [1.165, 1.54) is 0 Å². The van der Waals surface area contributed by atoms with Crippen molar-refractivity contribution in [1.29, 1.82) is 0 Å². The van der Waals surface area contributed by atoms with Crippen LogP contribution in [0.3, 0.4) is 0 Å². The van der Waals surface area contributed by atoms with Crippen molar-refractivity contribution in [3.8, 4) is 0 Å². The third kappa shape index (κ3) is 3.62. The average Bonchev–Trinajstić information content (AvgIpc) is 2.79. The predicted octanol–water partition coefficient (Wildman–Crippen LogP) is 3.37. The summed E-state index contributed by atoms with van der Waals surface area (Å²) in [4.78, 5) is 0.233. The first-order valence-corrected chi connectivity index (χ1v) is 9.40. The highest BCUT2D eigenvalue weighted by Crippen LogP contribution is 2.30. The van der Waals surface area contributed by atoms with Gasteiger partial charge in [-0.2, -0.15) is 0 Å². The minimum Gasteiger partial charge on any atom is -0.374 e. The highest BCUT2D eigenvalue weighted by atomic mass is 79.9. The predicted molar refractivity (Wildman–Crippen MR) is 85.4 cm³/mol. The van der Waals surface area contributed by atoms with E-state index >= 15 is 0 Å². The Morgan fingerprint density at radius 2 is 2.05 bits per heavy atom. The van der Waals surface area contributed by atoms with Crippen LogP contribution < -0.4 is 4.72 Å². The van der Waals surface area contributed by atoms with E-state index in [0.29, 0.717) is 11.1 Å². The molecule has 2 rings (SSSR count). The average molecular weight is 427 g/mol. The van der Waals surface area contributed by atoms with Gasteiger partial charge in [0.2, 0.25) is 10.0 Å². The number of benzene rings is 1. The second kappa shape index (κ2) is 6.04. The first kappa shape index (κ1) is 16.4. The Morgan fingerprint density at radius 1 is 1.35 bits per heavy atom. The molecule has 0 aromatic heterocycles. The Labute approximate surface area is 136 Å². The number of nitrogens with one attached hydrogen (secondary N) is 1. The van der Waals surface area contributed by atoms with Crippen LogP contribution in [0.15, 0.2) is 26.0 Å². The Hall–Kier alpha value is 0.0500. The molecule has 1 aromatic rings. The van der Waals surface area contributed by atoms with Gasteiger partial charge in [0.05, 0.1) is 10.5 Å². The van der Waals surface area contributed by atoms with E-state index in [1.54, 1.807) is 12.1 Å². The van der Waals surface area contributed by atoms with Crippen molar-refractivity contribution in [2.24, 2.45) is 0 Å². The zero-order valence-electron chi connectivity index (χ0n) is 11.4. The summed E-state index contributed by atoms with van der Waals surface area (Å²) in [5.41, 5.74) is 0.573. The van der Waals surface area contributed by atoms with Crippen molar-refractivity contribution in [2.45, 2.75) is 37.2 Å². The summed E-state index contributed by atoms with van der Waals surface area (Å²) in [6.07, 6.45) is 1.84. The van der Waals surface area contributed by atoms with Gasteiger partial charge in [0.25, 0.3) is 0 Å². The molecule has 0 saturated carbocycles. The maximum atomic E-state index is 12.4. The minimum absolute atomic E-state index is 0.233. The van der Waals surface area contributed by atoms with Gasteiger partial charge in [0.1, 0.15) is 0 Å². The van der Waals surface area contributed by atoms with E-state index in [1.807, 2.05) is 13.8 Å². The summed E-state index contributed by atoms with van der Waals surface area (Å²) in [6.45, 7) is 4.82. The van der Waals surface area contributed by atoms with Crippen LogP contribution in [0.1, 0.15) is 25.3 Å². The van der Waals surface area contributed by atoms with Crippen molar-refractivity contribution < 1.29 is 13.2 Å². The van der Waals surface area contributed by atoms with Gasteiger partial charge in [-0.1, -0.05) is 15.9 Å². The van der Waals surface area contributed by atoms with Gasteiger partial charge in [-0.25, -0.2) is 13.1 Å². The second-order valence-electron chi connectivity index (χ2n) is 5.26. The summed E-state index contributed by atoms with van der Waals surface area (Å²) in [5, 5.41) is 0. The smallest absolute Gasteiger partial charge is 0.241 e. The van der Waals surface area contributed by atoms with Gasteiger partial charge in [0, 0.05) is 22.1 Å². The van der Waals surface area contributed by atoms with Crippen LogP contribution in [0.4, 0.5) is 0 Å². The molecule has 1 heterocycles. The minimum atomic E-state index is -3.56. The standard InChI is InChI=1S/C13H17Br2NO3S/c1-9-6-11(15)12(7-10(9)14)20(17,18)16-8-13(2)4-3-5-19-13/h6-7,16H,3-5,8H2,1-2H3. The largest absolute Gasteiger partial charge is 0.374 e. The van der Waals surface area contributed by atoms with E-state index in [-0.39, 0.29) is 11.4 Å². The van der Waals surface area contributed by atoms with Gasteiger partial charge in [-0.3, -0.25) is 0 Å². The Bertz CT molecular complexity index is 610. The molecule has 0 spiro atoms. The van der Waals surface area contributed by atoms with E-state index in [0.717, 1.165) is 22.9 Å². The van der Waals surface area contributed by atoms with Gasteiger partial charge in [0.15, 0.2) is 0 Å². The zero-order valence-corrected chi connectivity index (χ0v) is 15.4. The molecule has 0 amide bonds. The molecular weight excluding hydrogens is 410 g/mol. The summed E-state index contributed by atoms with van der Waals surface area (Å²) in [6, 6.07) is 3.39. The molecule has 1 aromatic carbocycles. The number of sulfonamides is 1. The second-order valence-corrected chi connectivity index (χ2v) is 8.70. The molecule has 1 N–H and O–H groups in total.